The maximum atomic E-state index is 9.45. The molecule has 0 saturated heterocycles. The molecule has 102 valence electrons. The first-order valence-electron chi connectivity index (χ1n) is 6.35. The zero-order valence-corrected chi connectivity index (χ0v) is 12.0. The summed E-state index contributed by atoms with van der Waals surface area (Å²) in [7, 11) is 0. The van der Waals surface area contributed by atoms with Gasteiger partial charge in [0.05, 0.1) is 6.61 Å². The lowest BCUT2D eigenvalue weighted by molar-refractivity contribution is 0.0591. The Morgan fingerprint density at radius 2 is 1.67 bits per heavy atom. The van der Waals surface area contributed by atoms with E-state index in [4.69, 9.17) is 10.5 Å². The van der Waals surface area contributed by atoms with E-state index in [9.17, 15) is 5.11 Å². The Balaban J connectivity index is 2.86. The van der Waals surface area contributed by atoms with Crippen LogP contribution in [0.15, 0.2) is 18.2 Å². The van der Waals surface area contributed by atoms with Crippen molar-refractivity contribution in [2.45, 2.75) is 46.8 Å². The molecular weight excluding hydrogens is 226 g/mol. The van der Waals surface area contributed by atoms with Gasteiger partial charge in [0.2, 0.25) is 0 Å². The molecule has 18 heavy (non-hydrogen) atoms. The van der Waals surface area contributed by atoms with E-state index < -0.39 is 0 Å². The number of nitrogens with two attached hydrogens (primary N) is 1. The van der Waals surface area contributed by atoms with Gasteiger partial charge in [-0.2, -0.15) is 0 Å². The average molecular weight is 251 g/mol. The summed E-state index contributed by atoms with van der Waals surface area (Å²) in [6, 6.07) is 5.80. The predicted molar refractivity (Wildman–Crippen MR) is 74.8 cm³/mol. The Morgan fingerprint density at radius 3 is 2.06 bits per heavy atom. The molecule has 0 aliphatic rings. The van der Waals surface area contributed by atoms with Gasteiger partial charge in [-0.3, -0.25) is 0 Å². The molecule has 0 fully saturated rings. The summed E-state index contributed by atoms with van der Waals surface area (Å²) in [5.41, 5.74) is 8.33. The van der Waals surface area contributed by atoms with Crippen molar-refractivity contribution in [3.05, 3.63) is 29.3 Å². The topological polar surface area (TPSA) is 55.5 Å². The van der Waals surface area contributed by atoms with Crippen LogP contribution >= 0.6 is 0 Å². The van der Waals surface area contributed by atoms with E-state index >= 15 is 0 Å². The number of rotatable bonds is 4. The minimum Gasteiger partial charge on any atom is -0.486 e. The molecule has 0 amide bonds. The standard InChI is InChI=1S/C15H25NO2/c1-10-6-11(2)8-12(7-10)18-13(9-17)14(16)15(3,4)5/h6-8,13-14,17H,9,16H2,1-5H3. The maximum absolute atomic E-state index is 9.45. The largest absolute Gasteiger partial charge is 0.486 e. The average Bonchev–Trinajstić information content (AvgIpc) is 2.22. The number of hydrogen-bond donors (Lipinski definition) is 2. The molecule has 0 bridgehead atoms. The summed E-state index contributed by atoms with van der Waals surface area (Å²) in [6.07, 6.45) is -0.383. The SMILES string of the molecule is Cc1cc(C)cc(OC(CO)C(N)C(C)(C)C)c1. The zero-order valence-electron chi connectivity index (χ0n) is 12.0. The molecule has 3 N–H and O–H groups in total. The number of aliphatic hydroxyl groups is 1. The van der Waals surface area contributed by atoms with Gasteiger partial charge in [-0.15, -0.1) is 0 Å². The van der Waals surface area contributed by atoms with Crippen molar-refractivity contribution < 1.29 is 9.84 Å². The summed E-state index contributed by atoms with van der Waals surface area (Å²) in [5.74, 6) is 0.770. The Kier molecular flexibility index (Phi) is 4.77. The van der Waals surface area contributed by atoms with Gasteiger partial charge in [0, 0.05) is 6.04 Å². The number of ether oxygens (including phenoxy) is 1. The second kappa shape index (κ2) is 5.72. The van der Waals surface area contributed by atoms with Crippen LogP contribution in [0.4, 0.5) is 0 Å². The number of hydrogen-bond acceptors (Lipinski definition) is 3. The van der Waals surface area contributed by atoms with Gasteiger partial charge < -0.3 is 15.6 Å². The molecule has 0 aliphatic heterocycles. The third-order valence-electron chi connectivity index (χ3n) is 3.06. The molecule has 2 atom stereocenters. The van der Waals surface area contributed by atoms with E-state index in [0.29, 0.717) is 0 Å². The van der Waals surface area contributed by atoms with Crippen molar-refractivity contribution in [3.63, 3.8) is 0 Å². The molecule has 3 heteroatoms. The van der Waals surface area contributed by atoms with Crippen molar-refractivity contribution in [2.75, 3.05) is 6.61 Å². The van der Waals surface area contributed by atoms with Crippen LogP contribution in [0.25, 0.3) is 0 Å². The second-order valence-electron chi connectivity index (χ2n) is 6.05. The van der Waals surface area contributed by atoms with Gasteiger partial charge in [-0.25, -0.2) is 0 Å². The summed E-state index contributed by atoms with van der Waals surface area (Å²) in [4.78, 5) is 0. The van der Waals surface area contributed by atoms with Crippen LogP contribution in [0.5, 0.6) is 5.75 Å². The van der Waals surface area contributed by atoms with Crippen molar-refractivity contribution in [1.82, 2.24) is 0 Å². The predicted octanol–water partition coefficient (Wildman–Crippen LogP) is 2.42. The van der Waals surface area contributed by atoms with Crippen molar-refractivity contribution in [1.29, 1.82) is 0 Å². The van der Waals surface area contributed by atoms with E-state index in [2.05, 4.69) is 6.07 Å². The first-order chi connectivity index (χ1) is 8.24. The van der Waals surface area contributed by atoms with Crippen molar-refractivity contribution >= 4 is 0 Å². The highest BCUT2D eigenvalue weighted by Crippen LogP contribution is 2.24. The number of aliphatic hydroxyl groups excluding tert-OH is 1. The van der Waals surface area contributed by atoms with Crippen molar-refractivity contribution in [3.8, 4) is 5.75 Å². The molecule has 1 rings (SSSR count). The summed E-state index contributed by atoms with van der Waals surface area (Å²) in [6.45, 7) is 10.1. The maximum Gasteiger partial charge on any atom is 0.137 e. The summed E-state index contributed by atoms with van der Waals surface area (Å²) in [5, 5.41) is 9.45. The minimum absolute atomic E-state index is 0.0780. The third-order valence-corrected chi connectivity index (χ3v) is 3.06. The highest BCUT2D eigenvalue weighted by atomic mass is 16.5. The number of aryl methyl sites for hydroxylation is 2. The molecule has 1 aromatic carbocycles. The third kappa shape index (κ3) is 4.00. The van der Waals surface area contributed by atoms with Crippen LogP contribution in [-0.4, -0.2) is 23.9 Å². The minimum atomic E-state index is -0.383. The smallest absolute Gasteiger partial charge is 0.137 e. The normalized spacial score (nSPS) is 15.3. The summed E-state index contributed by atoms with van der Waals surface area (Å²) >= 11 is 0. The fourth-order valence-electron chi connectivity index (χ4n) is 1.96. The molecule has 3 nitrogen and oxygen atoms in total. The molecule has 1 aromatic rings. The molecule has 0 spiro atoms. The van der Waals surface area contributed by atoms with Crippen LogP contribution < -0.4 is 10.5 Å². The van der Waals surface area contributed by atoms with Crippen LogP contribution in [0.1, 0.15) is 31.9 Å². The first kappa shape index (κ1) is 15.0. The second-order valence-corrected chi connectivity index (χ2v) is 6.05. The van der Waals surface area contributed by atoms with Gasteiger partial charge in [0.1, 0.15) is 11.9 Å². The van der Waals surface area contributed by atoms with Gasteiger partial charge in [-0.1, -0.05) is 26.8 Å². The van der Waals surface area contributed by atoms with Gasteiger partial charge >= 0.3 is 0 Å². The lowest BCUT2D eigenvalue weighted by atomic mass is 9.84. The van der Waals surface area contributed by atoms with E-state index in [1.807, 2.05) is 46.8 Å². The van der Waals surface area contributed by atoms with E-state index in [-0.39, 0.29) is 24.2 Å². The number of benzene rings is 1. The molecule has 0 saturated carbocycles. The Labute approximate surface area is 110 Å². The monoisotopic (exact) mass is 251 g/mol. The van der Waals surface area contributed by atoms with Crippen LogP contribution in [0, 0.1) is 19.3 Å². The van der Waals surface area contributed by atoms with Crippen molar-refractivity contribution in [2.24, 2.45) is 11.1 Å². The lowest BCUT2D eigenvalue weighted by Gasteiger charge is -2.33. The fourth-order valence-corrected chi connectivity index (χ4v) is 1.96. The van der Waals surface area contributed by atoms with Gasteiger partial charge in [0.25, 0.3) is 0 Å². The van der Waals surface area contributed by atoms with Crippen LogP contribution in [-0.2, 0) is 0 Å². The Hall–Kier alpha value is -1.06. The highest BCUT2D eigenvalue weighted by Gasteiger charge is 2.30. The molecule has 0 heterocycles. The molecule has 2 unspecified atom stereocenters. The highest BCUT2D eigenvalue weighted by molar-refractivity contribution is 5.33. The van der Waals surface area contributed by atoms with E-state index in [0.717, 1.165) is 16.9 Å². The van der Waals surface area contributed by atoms with E-state index in [1.54, 1.807) is 0 Å². The molecule has 0 radical (unpaired) electrons. The van der Waals surface area contributed by atoms with Gasteiger partial charge in [-0.05, 0) is 42.5 Å². The Bertz CT molecular complexity index is 376. The molecule has 0 aromatic heterocycles. The van der Waals surface area contributed by atoms with Crippen LogP contribution in [0.3, 0.4) is 0 Å². The fraction of sp³-hybridized carbons (Fsp3) is 0.600. The quantitative estimate of drug-likeness (QED) is 0.864. The summed E-state index contributed by atoms with van der Waals surface area (Å²) < 4.78 is 5.84. The van der Waals surface area contributed by atoms with Crippen LogP contribution in [0.2, 0.25) is 0 Å². The zero-order chi connectivity index (χ0) is 13.9. The van der Waals surface area contributed by atoms with Gasteiger partial charge in [0.15, 0.2) is 0 Å². The lowest BCUT2D eigenvalue weighted by Crippen LogP contribution is -2.49. The Morgan fingerprint density at radius 1 is 1.17 bits per heavy atom. The molecule has 0 aliphatic carbocycles. The first-order valence-corrected chi connectivity index (χ1v) is 6.35. The molecular formula is C15H25NO2. The van der Waals surface area contributed by atoms with E-state index in [1.165, 1.54) is 0 Å².